The lowest BCUT2D eigenvalue weighted by molar-refractivity contribution is 0.102. The van der Waals surface area contributed by atoms with Crippen molar-refractivity contribution in [3.05, 3.63) is 53.3 Å². The summed E-state index contributed by atoms with van der Waals surface area (Å²) in [5, 5.41) is 16.2. The van der Waals surface area contributed by atoms with E-state index in [-0.39, 0.29) is 16.8 Å². The molecule has 156 valence electrons. The topological polar surface area (TPSA) is 126 Å². The fraction of sp³-hybridized carbons (Fsp3) is 0.333. The molecule has 1 fully saturated rings. The van der Waals surface area contributed by atoms with Crippen LogP contribution in [0.5, 0.6) is 0 Å². The first-order valence-corrected chi connectivity index (χ1v) is 11.2. The van der Waals surface area contributed by atoms with Crippen molar-refractivity contribution in [2.45, 2.75) is 42.5 Å². The quantitative estimate of drug-likeness (QED) is 0.444. The monoisotopic (exact) mass is 430 g/mol. The van der Waals surface area contributed by atoms with Crippen LogP contribution in [0.15, 0.2) is 41.5 Å². The van der Waals surface area contributed by atoms with Gasteiger partial charge in [-0.1, -0.05) is 35.7 Å². The number of carbonyl (C=O) groups excluding carboxylic acids is 1. The Kier molecular flexibility index (Phi) is 5.58. The van der Waals surface area contributed by atoms with Crippen molar-refractivity contribution in [2.24, 2.45) is 10.7 Å². The van der Waals surface area contributed by atoms with Gasteiger partial charge >= 0.3 is 0 Å². The summed E-state index contributed by atoms with van der Waals surface area (Å²) in [5.41, 5.74) is 9.90. The summed E-state index contributed by atoms with van der Waals surface area (Å²) in [5.74, 6) is -0.254. The summed E-state index contributed by atoms with van der Waals surface area (Å²) in [6.45, 7) is 1.93. The molecule has 2 aliphatic rings. The minimum Gasteiger partial charge on any atom is -0.378 e. The van der Waals surface area contributed by atoms with E-state index in [9.17, 15) is 4.79 Å². The minimum atomic E-state index is -0.544. The third-order valence-corrected chi connectivity index (χ3v) is 7.32. The number of anilines is 1. The number of aryl methyl sites for hydroxylation is 1. The molecule has 31 heavy (non-hydrogen) atoms. The lowest BCUT2D eigenvalue weighted by Gasteiger charge is -2.36. The van der Waals surface area contributed by atoms with Crippen LogP contribution < -0.4 is 21.8 Å². The highest BCUT2D eigenvalue weighted by molar-refractivity contribution is 8.15. The Morgan fingerprint density at radius 1 is 1.42 bits per heavy atom. The van der Waals surface area contributed by atoms with Crippen LogP contribution in [0.1, 0.15) is 34.5 Å². The number of nitriles is 1. The van der Waals surface area contributed by atoms with Crippen LogP contribution >= 0.6 is 11.8 Å². The average molecular weight is 430 g/mol. The van der Waals surface area contributed by atoms with Crippen molar-refractivity contribution in [3.63, 3.8) is 0 Å². The largest absolute Gasteiger partial charge is 0.378 e. The molecule has 2 aromatic rings. The number of amides is 1. The number of carbonyl (C=O) groups is 1. The number of nitrogens with two attached hydrogens (primary N) is 1. The number of thioether (sulfide) groups is 1. The smallest absolute Gasteiger partial charge is 0.274 e. The Morgan fingerprint density at radius 3 is 2.90 bits per heavy atom. The molecule has 0 bridgehead atoms. The number of hydrogen-bond acceptors (Lipinski definition) is 7. The molecule has 4 N–H and O–H groups in total. The maximum atomic E-state index is 12.7. The third kappa shape index (κ3) is 3.84. The number of aromatic nitrogens is 1. The summed E-state index contributed by atoms with van der Waals surface area (Å²) in [6.07, 6.45) is 3.60. The SMILES string of the molecule is BC[C@]1(c2cc(NC(=O)c3ccc(C)cn3)ccc2B)N=C(N)S[C@@]2(CCC#N)NC21. The van der Waals surface area contributed by atoms with Gasteiger partial charge in [0.15, 0.2) is 5.17 Å². The molecule has 1 unspecified atom stereocenters. The highest BCUT2D eigenvalue weighted by Crippen LogP contribution is 2.56. The van der Waals surface area contributed by atoms with Gasteiger partial charge in [0.25, 0.3) is 5.91 Å². The first-order chi connectivity index (χ1) is 14.8. The molecule has 10 heteroatoms. The maximum Gasteiger partial charge on any atom is 0.274 e. The van der Waals surface area contributed by atoms with Gasteiger partial charge in [-0.05, 0) is 42.7 Å². The number of pyridine rings is 1. The van der Waals surface area contributed by atoms with E-state index in [0.717, 1.165) is 22.9 Å². The van der Waals surface area contributed by atoms with Gasteiger partial charge in [-0.25, -0.2) is 0 Å². The van der Waals surface area contributed by atoms with Gasteiger partial charge in [-0.15, -0.1) is 0 Å². The summed E-state index contributed by atoms with van der Waals surface area (Å²) in [4.78, 5) is 21.5. The third-order valence-electron chi connectivity index (χ3n) is 6.10. The molecule has 1 aromatic heterocycles. The van der Waals surface area contributed by atoms with E-state index in [4.69, 9.17) is 16.0 Å². The van der Waals surface area contributed by atoms with Crippen LogP contribution in [0, 0.1) is 18.3 Å². The van der Waals surface area contributed by atoms with Gasteiger partial charge in [0.05, 0.1) is 22.5 Å². The number of aliphatic imine (C=N–C) groups is 1. The Bertz CT molecular complexity index is 1100. The van der Waals surface area contributed by atoms with Gasteiger partial charge in [0, 0.05) is 18.3 Å². The van der Waals surface area contributed by atoms with E-state index in [0.29, 0.717) is 29.4 Å². The van der Waals surface area contributed by atoms with E-state index in [1.54, 1.807) is 12.3 Å². The number of nitrogens with one attached hydrogen (secondary N) is 2. The van der Waals surface area contributed by atoms with Crippen molar-refractivity contribution >= 4 is 49.7 Å². The van der Waals surface area contributed by atoms with Gasteiger partial charge in [-0.3, -0.25) is 20.1 Å². The fourth-order valence-corrected chi connectivity index (χ4v) is 5.70. The standard InChI is InChI=1S/C21H24B2N6OS/c1-12-3-6-16(26-10-12)17(30)27-13-4-5-15(23)14(9-13)20(11-22)18-21(28-18,7-2-8-24)31-19(25)29-20/h3-6,9-10,18,28H,2,7,11,22-23H2,1H3,(H2,25,29)(H,27,30)/t18?,20-,21-/m1/s1. The van der Waals surface area contributed by atoms with Crippen molar-refractivity contribution in [3.8, 4) is 6.07 Å². The van der Waals surface area contributed by atoms with Gasteiger partial charge in [0.2, 0.25) is 0 Å². The number of amidine groups is 1. The molecule has 3 heterocycles. The molecule has 1 aromatic carbocycles. The summed E-state index contributed by atoms with van der Waals surface area (Å²) < 4.78 is 0. The Balaban J connectivity index is 1.67. The lowest BCUT2D eigenvalue weighted by Crippen LogP contribution is -2.43. The average Bonchev–Trinajstić information content (AvgIpc) is 3.48. The molecule has 0 spiro atoms. The van der Waals surface area contributed by atoms with Crippen molar-refractivity contribution < 1.29 is 4.79 Å². The summed E-state index contributed by atoms with van der Waals surface area (Å²) in [7, 11) is 4.15. The Hall–Kier alpha value is -2.76. The number of benzene rings is 1. The zero-order valence-electron chi connectivity index (χ0n) is 17.9. The van der Waals surface area contributed by atoms with Gasteiger partial charge in [0.1, 0.15) is 21.4 Å². The molecular formula is C21H24B2N6OS. The van der Waals surface area contributed by atoms with E-state index < -0.39 is 5.54 Å². The van der Waals surface area contributed by atoms with Crippen molar-refractivity contribution in [1.82, 2.24) is 10.3 Å². The van der Waals surface area contributed by atoms with Crippen LogP contribution in [-0.2, 0) is 5.54 Å². The van der Waals surface area contributed by atoms with Crippen LogP contribution in [0.2, 0.25) is 6.32 Å². The van der Waals surface area contributed by atoms with E-state index in [1.165, 1.54) is 11.8 Å². The first kappa shape index (κ1) is 21.5. The molecule has 0 aliphatic carbocycles. The molecule has 1 amide bonds. The van der Waals surface area contributed by atoms with Crippen LogP contribution in [-0.4, -0.2) is 42.7 Å². The minimum absolute atomic E-state index is 0.0825. The molecule has 0 saturated carbocycles. The summed E-state index contributed by atoms with van der Waals surface area (Å²) in [6, 6.07) is 11.8. The van der Waals surface area contributed by atoms with Crippen LogP contribution in [0.25, 0.3) is 0 Å². The Labute approximate surface area is 188 Å². The van der Waals surface area contributed by atoms with E-state index in [1.807, 2.05) is 39.0 Å². The predicted molar refractivity (Wildman–Crippen MR) is 130 cm³/mol. The number of nitrogens with zero attached hydrogens (tertiary/aromatic N) is 3. The zero-order chi connectivity index (χ0) is 22.2. The second-order valence-electron chi connectivity index (χ2n) is 8.16. The second kappa shape index (κ2) is 8.06. The molecule has 3 atom stereocenters. The second-order valence-corrected chi connectivity index (χ2v) is 9.51. The number of fused-ring (bicyclic) bond motifs is 1. The predicted octanol–water partition coefficient (Wildman–Crippen LogP) is 0.181. The first-order valence-electron chi connectivity index (χ1n) is 10.4. The lowest BCUT2D eigenvalue weighted by atomic mass is 9.70. The molecule has 0 radical (unpaired) electrons. The molecule has 2 aliphatic heterocycles. The number of hydrogen-bond donors (Lipinski definition) is 3. The normalized spacial score (nSPS) is 26.3. The van der Waals surface area contributed by atoms with E-state index in [2.05, 4.69) is 29.5 Å². The molecule has 7 nitrogen and oxygen atoms in total. The van der Waals surface area contributed by atoms with Crippen molar-refractivity contribution in [1.29, 1.82) is 5.26 Å². The fourth-order valence-electron chi connectivity index (χ4n) is 4.43. The molecule has 4 rings (SSSR count). The molecule has 1 saturated heterocycles. The van der Waals surface area contributed by atoms with Gasteiger partial charge < -0.3 is 11.1 Å². The molecular weight excluding hydrogens is 406 g/mol. The van der Waals surface area contributed by atoms with Crippen molar-refractivity contribution in [2.75, 3.05) is 5.32 Å². The van der Waals surface area contributed by atoms with E-state index >= 15 is 0 Å². The van der Waals surface area contributed by atoms with Crippen LogP contribution in [0.3, 0.4) is 0 Å². The number of rotatable bonds is 6. The van der Waals surface area contributed by atoms with Crippen LogP contribution in [0.4, 0.5) is 5.69 Å². The Morgan fingerprint density at radius 2 is 2.23 bits per heavy atom. The maximum absolute atomic E-state index is 12.7. The highest BCUT2D eigenvalue weighted by atomic mass is 32.2. The summed E-state index contributed by atoms with van der Waals surface area (Å²) >= 11 is 1.52. The van der Waals surface area contributed by atoms with Gasteiger partial charge in [-0.2, -0.15) is 5.26 Å². The zero-order valence-corrected chi connectivity index (χ0v) is 18.7. The highest BCUT2D eigenvalue weighted by Gasteiger charge is 2.66.